The Labute approximate surface area is 179 Å². The number of aromatic nitrogens is 3. The Morgan fingerprint density at radius 3 is 2.87 bits per heavy atom. The van der Waals surface area contributed by atoms with Gasteiger partial charge in [-0.15, -0.1) is 0 Å². The van der Waals surface area contributed by atoms with E-state index >= 15 is 0 Å². The van der Waals surface area contributed by atoms with Crippen LogP contribution < -0.4 is 10.6 Å². The van der Waals surface area contributed by atoms with Crippen LogP contribution in [0.2, 0.25) is 0 Å². The third-order valence-corrected chi connectivity index (χ3v) is 6.02. The van der Waals surface area contributed by atoms with Crippen molar-refractivity contribution in [3.05, 3.63) is 53.9 Å². The van der Waals surface area contributed by atoms with Crippen LogP contribution in [0.1, 0.15) is 35.7 Å². The molecule has 1 unspecified atom stereocenters. The number of carbonyl (C=O) groups excluding carboxylic acids is 2. The molecule has 0 saturated heterocycles. The number of hydrogen-bond donors (Lipinski definition) is 2. The highest BCUT2D eigenvalue weighted by atomic mass is 16.2. The van der Waals surface area contributed by atoms with Crippen molar-refractivity contribution in [3.8, 4) is 0 Å². The van der Waals surface area contributed by atoms with Crippen LogP contribution in [-0.4, -0.2) is 51.3 Å². The van der Waals surface area contributed by atoms with Gasteiger partial charge in [0, 0.05) is 42.5 Å². The van der Waals surface area contributed by atoms with Crippen molar-refractivity contribution in [3.63, 3.8) is 0 Å². The van der Waals surface area contributed by atoms with Crippen LogP contribution in [0, 0.1) is 5.92 Å². The summed E-state index contributed by atoms with van der Waals surface area (Å²) in [6, 6.07) is 7.55. The van der Waals surface area contributed by atoms with E-state index in [1.807, 2.05) is 23.2 Å². The van der Waals surface area contributed by atoms with E-state index in [0.717, 1.165) is 41.4 Å². The topological polar surface area (TPSA) is 108 Å². The molecule has 2 aliphatic rings. The predicted octanol–water partition coefficient (Wildman–Crippen LogP) is 2.84. The average molecular weight is 416 g/mol. The molecule has 1 aliphatic heterocycles. The largest absolute Gasteiger partial charge is 0.384 e. The van der Waals surface area contributed by atoms with Crippen LogP contribution in [0.5, 0.6) is 0 Å². The minimum atomic E-state index is -0.0562. The van der Waals surface area contributed by atoms with Crippen LogP contribution >= 0.6 is 0 Å². The van der Waals surface area contributed by atoms with Crippen LogP contribution in [0.25, 0.3) is 16.6 Å². The van der Waals surface area contributed by atoms with Crippen LogP contribution in [-0.2, 0) is 4.79 Å². The van der Waals surface area contributed by atoms with Crippen molar-refractivity contribution in [2.45, 2.75) is 25.8 Å². The molecule has 2 amide bonds. The summed E-state index contributed by atoms with van der Waals surface area (Å²) in [5.74, 6) is 1.07. The molecule has 0 bridgehead atoms. The van der Waals surface area contributed by atoms with Gasteiger partial charge in [0.2, 0.25) is 6.41 Å². The molecule has 5 rings (SSSR count). The van der Waals surface area contributed by atoms with Gasteiger partial charge in [-0.05, 0) is 54.2 Å². The number of nitrogen functional groups attached to an aromatic ring is 1. The number of nitrogens with one attached hydrogen (secondary N) is 1. The smallest absolute Gasteiger partial charge is 0.254 e. The minimum Gasteiger partial charge on any atom is -0.384 e. The van der Waals surface area contributed by atoms with Crippen LogP contribution in [0.3, 0.4) is 0 Å². The van der Waals surface area contributed by atoms with Gasteiger partial charge in [-0.25, -0.2) is 9.97 Å². The van der Waals surface area contributed by atoms with Crippen LogP contribution in [0.4, 0.5) is 11.6 Å². The van der Waals surface area contributed by atoms with Gasteiger partial charge in [0.05, 0.1) is 0 Å². The number of rotatable bonds is 5. The number of hydrogen-bond acceptors (Lipinski definition) is 5. The lowest BCUT2D eigenvalue weighted by molar-refractivity contribution is -0.107. The molecule has 8 nitrogen and oxygen atoms in total. The Kier molecular flexibility index (Phi) is 4.69. The summed E-state index contributed by atoms with van der Waals surface area (Å²) >= 11 is 0. The Morgan fingerprint density at radius 1 is 1.32 bits per heavy atom. The van der Waals surface area contributed by atoms with Crippen molar-refractivity contribution in [2.75, 3.05) is 23.7 Å². The number of H-pyrrole nitrogens is 1. The first kappa shape index (κ1) is 19.3. The third kappa shape index (κ3) is 3.54. The second-order valence-electron chi connectivity index (χ2n) is 8.25. The van der Waals surface area contributed by atoms with E-state index < -0.39 is 0 Å². The summed E-state index contributed by atoms with van der Waals surface area (Å²) < 4.78 is 0. The molecule has 3 aromatic heterocycles. The van der Waals surface area contributed by atoms with Crippen molar-refractivity contribution in [2.24, 2.45) is 5.92 Å². The molecule has 1 atom stereocenters. The molecular formula is C23H24N6O2. The third-order valence-electron chi connectivity index (χ3n) is 6.02. The van der Waals surface area contributed by atoms with Gasteiger partial charge in [0.15, 0.2) is 0 Å². The van der Waals surface area contributed by atoms with Crippen molar-refractivity contribution in [1.29, 1.82) is 0 Å². The fourth-order valence-electron chi connectivity index (χ4n) is 4.29. The monoisotopic (exact) mass is 416 g/mol. The lowest BCUT2D eigenvalue weighted by Crippen LogP contribution is -2.38. The maximum atomic E-state index is 12.9. The molecule has 1 saturated carbocycles. The second kappa shape index (κ2) is 7.54. The Morgan fingerprint density at radius 2 is 2.16 bits per heavy atom. The van der Waals surface area contributed by atoms with Gasteiger partial charge in [0.1, 0.15) is 17.3 Å². The molecule has 4 heterocycles. The first-order chi connectivity index (χ1) is 15.0. The summed E-state index contributed by atoms with van der Waals surface area (Å²) in [7, 11) is 0. The van der Waals surface area contributed by atoms with Gasteiger partial charge in [-0.2, -0.15) is 0 Å². The zero-order chi connectivity index (χ0) is 21.5. The maximum Gasteiger partial charge on any atom is 0.254 e. The number of carbonyl (C=O) groups is 2. The Bertz CT molecular complexity index is 1200. The van der Waals surface area contributed by atoms with Crippen molar-refractivity contribution in [1.82, 2.24) is 19.9 Å². The molecule has 3 aromatic rings. The lowest BCUT2D eigenvalue weighted by Gasteiger charge is -2.32. The quantitative estimate of drug-likeness (QED) is 0.622. The highest BCUT2D eigenvalue weighted by molar-refractivity contribution is 5.97. The van der Waals surface area contributed by atoms with E-state index in [0.29, 0.717) is 30.3 Å². The molecular weight excluding hydrogens is 392 g/mol. The van der Waals surface area contributed by atoms with Gasteiger partial charge in [-0.3, -0.25) is 14.5 Å². The zero-order valence-corrected chi connectivity index (χ0v) is 17.3. The van der Waals surface area contributed by atoms with E-state index in [9.17, 15) is 9.59 Å². The van der Waals surface area contributed by atoms with E-state index in [4.69, 9.17) is 5.73 Å². The van der Waals surface area contributed by atoms with Gasteiger partial charge in [-0.1, -0.05) is 13.0 Å². The van der Waals surface area contributed by atoms with E-state index in [1.165, 1.54) is 0 Å². The zero-order valence-electron chi connectivity index (χ0n) is 17.3. The number of anilines is 2. The van der Waals surface area contributed by atoms with Crippen molar-refractivity contribution < 1.29 is 9.59 Å². The molecule has 0 radical (unpaired) electrons. The minimum absolute atomic E-state index is 0.0562. The summed E-state index contributed by atoms with van der Waals surface area (Å²) in [6.07, 6.45) is 8.41. The Hall–Kier alpha value is -3.68. The van der Waals surface area contributed by atoms with E-state index in [-0.39, 0.29) is 17.9 Å². The molecule has 0 aromatic carbocycles. The highest BCUT2D eigenvalue weighted by Gasteiger charge is 2.31. The molecule has 31 heavy (non-hydrogen) atoms. The van der Waals surface area contributed by atoms with Crippen LogP contribution in [0.15, 0.2) is 42.7 Å². The standard InChI is InChI=1S/C23H24N6O2/c1-14-12-28(23(31)15-4-7-25-20(24)10-15)9-6-17(14)19-11-21(29(13-30)16-2-3-16)27-22-18(19)5-8-26-22/h4-8,10-11,13-14,16H,2-3,9,12H2,1H3,(H2,24,25)(H,26,27). The Balaban J connectivity index is 1.48. The fraction of sp³-hybridized carbons (Fsp3) is 0.304. The van der Waals surface area contributed by atoms with Gasteiger partial charge in [0.25, 0.3) is 5.91 Å². The van der Waals surface area contributed by atoms with Gasteiger partial charge >= 0.3 is 0 Å². The first-order valence-corrected chi connectivity index (χ1v) is 10.5. The number of nitrogens with two attached hydrogens (primary N) is 1. The summed E-state index contributed by atoms with van der Waals surface area (Å²) in [5.41, 5.74) is 9.26. The number of pyridine rings is 2. The summed E-state index contributed by atoms with van der Waals surface area (Å²) in [6.45, 7) is 3.21. The summed E-state index contributed by atoms with van der Waals surface area (Å²) in [4.78, 5) is 40.0. The molecule has 1 aliphatic carbocycles. The summed E-state index contributed by atoms with van der Waals surface area (Å²) in [5, 5.41) is 1.02. The maximum absolute atomic E-state index is 12.9. The molecule has 0 spiro atoms. The molecule has 1 fully saturated rings. The van der Waals surface area contributed by atoms with E-state index in [2.05, 4.69) is 28.0 Å². The molecule has 158 valence electrons. The van der Waals surface area contributed by atoms with E-state index in [1.54, 1.807) is 23.2 Å². The number of amides is 2. The molecule has 3 N–H and O–H groups in total. The normalized spacial score (nSPS) is 18.7. The number of aromatic amines is 1. The second-order valence-corrected chi connectivity index (χ2v) is 8.25. The average Bonchev–Trinajstić information content (AvgIpc) is 3.49. The predicted molar refractivity (Wildman–Crippen MR) is 119 cm³/mol. The fourth-order valence-corrected chi connectivity index (χ4v) is 4.29. The SMILES string of the molecule is CC1CN(C(=O)c2ccnc(N)c2)CC=C1c1cc(N(C=O)C2CC2)nc2[nH]ccc12. The number of fused-ring (bicyclic) bond motifs is 1. The van der Waals surface area contributed by atoms with Gasteiger partial charge < -0.3 is 15.6 Å². The highest BCUT2D eigenvalue weighted by Crippen LogP contribution is 2.36. The first-order valence-electron chi connectivity index (χ1n) is 10.5. The number of nitrogens with zero attached hydrogens (tertiary/aromatic N) is 4. The van der Waals surface area contributed by atoms with Crippen molar-refractivity contribution >= 4 is 40.6 Å². The lowest BCUT2D eigenvalue weighted by atomic mass is 9.89. The molecule has 8 heteroatoms.